The summed E-state index contributed by atoms with van der Waals surface area (Å²) in [5.74, 6) is -1.19. The Morgan fingerprint density at radius 2 is 2.10 bits per heavy atom. The van der Waals surface area contributed by atoms with Crippen molar-refractivity contribution in [1.82, 2.24) is 4.98 Å². The zero-order valence-corrected chi connectivity index (χ0v) is 10.4. The highest BCUT2D eigenvalue weighted by molar-refractivity contribution is 5.88. The average Bonchev–Trinajstić information content (AvgIpc) is 2.38. The maximum atomic E-state index is 10.9. The van der Waals surface area contributed by atoms with Crippen LogP contribution in [0, 0.1) is 17.0 Å². The predicted molar refractivity (Wildman–Crippen MR) is 69.1 cm³/mol. The lowest BCUT2D eigenvalue weighted by atomic mass is 10.2. The Labute approximate surface area is 113 Å². The SMILES string of the molecule is Cc1cccc(Oc2cc(C(=O)O)ccc2[N+](=O)[O-])n1. The number of carboxylic acids is 1. The number of ether oxygens (including phenoxy) is 1. The third-order valence-corrected chi connectivity index (χ3v) is 2.48. The minimum absolute atomic E-state index is 0.0988. The molecule has 0 bridgehead atoms. The number of pyridine rings is 1. The quantitative estimate of drug-likeness (QED) is 0.679. The van der Waals surface area contributed by atoms with E-state index in [1.165, 1.54) is 6.07 Å². The van der Waals surface area contributed by atoms with Crippen molar-refractivity contribution >= 4 is 11.7 Å². The van der Waals surface area contributed by atoms with Crippen LogP contribution in [0.1, 0.15) is 16.1 Å². The van der Waals surface area contributed by atoms with Crippen LogP contribution in [0.3, 0.4) is 0 Å². The molecule has 0 fully saturated rings. The maximum absolute atomic E-state index is 10.9. The second kappa shape index (κ2) is 5.35. The van der Waals surface area contributed by atoms with Crippen LogP contribution in [-0.4, -0.2) is 21.0 Å². The minimum atomic E-state index is -1.19. The summed E-state index contributed by atoms with van der Waals surface area (Å²) >= 11 is 0. The van der Waals surface area contributed by atoms with Crippen LogP contribution < -0.4 is 4.74 Å². The van der Waals surface area contributed by atoms with Gasteiger partial charge in [0, 0.05) is 23.9 Å². The number of nitro benzene ring substituents is 1. The number of aryl methyl sites for hydroxylation is 1. The molecule has 0 atom stereocenters. The van der Waals surface area contributed by atoms with E-state index in [1.807, 2.05) is 0 Å². The fourth-order valence-corrected chi connectivity index (χ4v) is 1.57. The molecule has 1 aromatic heterocycles. The molecule has 0 amide bonds. The Morgan fingerprint density at radius 3 is 2.70 bits per heavy atom. The topological polar surface area (TPSA) is 103 Å². The smallest absolute Gasteiger partial charge is 0.335 e. The van der Waals surface area contributed by atoms with Gasteiger partial charge in [0.15, 0.2) is 0 Å². The molecule has 20 heavy (non-hydrogen) atoms. The molecule has 1 N–H and O–H groups in total. The standard InChI is InChI=1S/C13H10N2O5/c1-8-3-2-4-12(14-8)20-11-7-9(13(16)17)5-6-10(11)15(18)19/h2-7H,1H3,(H,16,17). The third-order valence-electron chi connectivity index (χ3n) is 2.48. The first kappa shape index (κ1) is 13.5. The summed E-state index contributed by atoms with van der Waals surface area (Å²) in [7, 11) is 0. The summed E-state index contributed by atoms with van der Waals surface area (Å²) < 4.78 is 5.33. The Kier molecular flexibility index (Phi) is 3.60. The van der Waals surface area contributed by atoms with Gasteiger partial charge in [-0.15, -0.1) is 0 Å². The zero-order valence-electron chi connectivity index (χ0n) is 10.4. The van der Waals surface area contributed by atoms with E-state index in [4.69, 9.17) is 9.84 Å². The van der Waals surface area contributed by atoms with Gasteiger partial charge < -0.3 is 9.84 Å². The number of aromatic carboxylic acids is 1. The molecular formula is C13H10N2O5. The van der Waals surface area contributed by atoms with E-state index in [0.717, 1.165) is 18.2 Å². The average molecular weight is 274 g/mol. The molecule has 1 aromatic carbocycles. The lowest BCUT2D eigenvalue weighted by Gasteiger charge is -2.06. The Hall–Kier alpha value is -2.96. The Balaban J connectivity index is 2.44. The minimum Gasteiger partial charge on any atom is -0.478 e. The number of nitrogens with zero attached hydrogens (tertiary/aromatic N) is 2. The summed E-state index contributed by atoms with van der Waals surface area (Å²) in [6, 6.07) is 8.31. The molecule has 0 radical (unpaired) electrons. The van der Waals surface area contributed by atoms with Crippen molar-refractivity contribution < 1.29 is 19.6 Å². The monoisotopic (exact) mass is 274 g/mol. The lowest BCUT2D eigenvalue weighted by molar-refractivity contribution is -0.385. The van der Waals surface area contributed by atoms with Crippen molar-refractivity contribution in [3.05, 3.63) is 57.8 Å². The number of carboxylic acid groups (broad SMARTS) is 1. The van der Waals surface area contributed by atoms with E-state index in [2.05, 4.69) is 4.98 Å². The second-order valence-electron chi connectivity index (χ2n) is 3.96. The number of carbonyl (C=O) groups is 1. The zero-order chi connectivity index (χ0) is 14.7. The summed E-state index contributed by atoms with van der Waals surface area (Å²) in [5, 5.41) is 19.8. The molecule has 0 spiro atoms. The Morgan fingerprint density at radius 1 is 1.35 bits per heavy atom. The van der Waals surface area contributed by atoms with Crippen LogP contribution >= 0.6 is 0 Å². The normalized spacial score (nSPS) is 10.1. The number of aromatic nitrogens is 1. The van der Waals surface area contributed by atoms with Gasteiger partial charge in [-0.25, -0.2) is 9.78 Å². The van der Waals surface area contributed by atoms with Gasteiger partial charge in [0.1, 0.15) is 0 Å². The first-order valence-electron chi connectivity index (χ1n) is 5.60. The molecular weight excluding hydrogens is 264 g/mol. The van der Waals surface area contributed by atoms with Gasteiger partial charge in [0.05, 0.1) is 10.5 Å². The molecule has 2 rings (SSSR count). The third kappa shape index (κ3) is 2.89. The molecule has 0 unspecified atom stereocenters. The van der Waals surface area contributed by atoms with Crippen LogP contribution in [-0.2, 0) is 0 Å². The summed E-state index contributed by atoms with van der Waals surface area (Å²) in [4.78, 5) is 25.2. The molecule has 0 saturated carbocycles. The van der Waals surface area contributed by atoms with Crippen LogP contribution in [0.4, 0.5) is 5.69 Å². The van der Waals surface area contributed by atoms with Crippen molar-refractivity contribution in [2.24, 2.45) is 0 Å². The van der Waals surface area contributed by atoms with Crippen LogP contribution in [0.25, 0.3) is 0 Å². The highest BCUT2D eigenvalue weighted by Crippen LogP contribution is 2.31. The Bertz CT molecular complexity index is 684. The number of hydrogen-bond donors (Lipinski definition) is 1. The first-order valence-corrected chi connectivity index (χ1v) is 5.60. The lowest BCUT2D eigenvalue weighted by Crippen LogP contribution is -2.00. The van der Waals surface area contributed by atoms with Gasteiger partial charge in [-0.3, -0.25) is 10.1 Å². The summed E-state index contributed by atoms with van der Waals surface area (Å²) in [6.45, 7) is 1.74. The van der Waals surface area contributed by atoms with Gasteiger partial charge in [0.2, 0.25) is 11.6 Å². The number of benzene rings is 1. The molecule has 0 aliphatic carbocycles. The number of rotatable bonds is 4. The van der Waals surface area contributed by atoms with Gasteiger partial charge in [-0.2, -0.15) is 0 Å². The molecule has 7 heteroatoms. The van der Waals surface area contributed by atoms with Gasteiger partial charge in [-0.1, -0.05) is 6.07 Å². The van der Waals surface area contributed by atoms with Crippen molar-refractivity contribution in [1.29, 1.82) is 0 Å². The van der Waals surface area contributed by atoms with Crippen molar-refractivity contribution in [3.63, 3.8) is 0 Å². The molecule has 0 aliphatic rings. The van der Waals surface area contributed by atoms with E-state index < -0.39 is 10.9 Å². The van der Waals surface area contributed by atoms with Gasteiger partial charge >= 0.3 is 11.7 Å². The predicted octanol–water partition coefficient (Wildman–Crippen LogP) is 2.79. The molecule has 1 heterocycles. The molecule has 102 valence electrons. The molecule has 7 nitrogen and oxygen atoms in total. The van der Waals surface area contributed by atoms with Crippen molar-refractivity contribution in [2.75, 3.05) is 0 Å². The number of hydrogen-bond acceptors (Lipinski definition) is 5. The van der Waals surface area contributed by atoms with Crippen molar-refractivity contribution in [3.8, 4) is 11.6 Å². The van der Waals surface area contributed by atoms with E-state index in [1.54, 1.807) is 19.1 Å². The highest BCUT2D eigenvalue weighted by atomic mass is 16.6. The van der Waals surface area contributed by atoms with Gasteiger partial charge in [-0.05, 0) is 19.1 Å². The largest absolute Gasteiger partial charge is 0.478 e. The summed E-state index contributed by atoms with van der Waals surface area (Å²) in [5.41, 5.74) is 0.260. The van der Waals surface area contributed by atoms with Gasteiger partial charge in [0.25, 0.3) is 0 Å². The first-order chi connectivity index (χ1) is 9.47. The number of nitro groups is 1. The fraction of sp³-hybridized carbons (Fsp3) is 0.0769. The van der Waals surface area contributed by atoms with E-state index in [0.29, 0.717) is 5.69 Å². The molecule has 0 saturated heterocycles. The highest BCUT2D eigenvalue weighted by Gasteiger charge is 2.19. The summed E-state index contributed by atoms with van der Waals surface area (Å²) in [6.07, 6.45) is 0. The van der Waals surface area contributed by atoms with E-state index in [9.17, 15) is 14.9 Å². The molecule has 0 aliphatic heterocycles. The van der Waals surface area contributed by atoms with Crippen LogP contribution in [0.2, 0.25) is 0 Å². The van der Waals surface area contributed by atoms with Crippen LogP contribution in [0.15, 0.2) is 36.4 Å². The van der Waals surface area contributed by atoms with E-state index in [-0.39, 0.29) is 22.9 Å². The fourth-order valence-electron chi connectivity index (χ4n) is 1.57. The van der Waals surface area contributed by atoms with Crippen LogP contribution in [0.5, 0.6) is 11.6 Å². The van der Waals surface area contributed by atoms with E-state index >= 15 is 0 Å². The molecule has 2 aromatic rings. The maximum Gasteiger partial charge on any atom is 0.335 e. The van der Waals surface area contributed by atoms with Crippen molar-refractivity contribution in [2.45, 2.75) is 6.92 Å². The second-order valence-corrected chi connectivity index (χ2v) is 3.96.